The summed E-state index contributed by atoms with van der Waals surface area (Å²) in [5, 5.41) is 0.282. The quantitative estimate of drug-likeness (QED) is 0.0435. The second-order valence-corrected chi connectivity index (χ2v) is 24.3. The lowest BCUT2D eigenvalue weighted by molar-refractivity contribution is -0.147. The number of esters is 2. The van der Waals surface area contributed by atoms with Crippen molar-refractivity contribution in [1.29, 1.82) is 0 Å². The Morgan fingerprint density at radius 3 is 0.958 bits per heavy atom. The van der Waals surface area contributed by atoms with Crippen molar-refractivity contribution in [2.24, 2.45) is 0 Å². The molecule has 0 spiro atoms. The number of ether oxygens (including phenoxy) is 2. The minimum atomic E-state index is -4.45. The number of benzene rings is 6. The zero-order valence-electron chi connectivity index (χ0n) is 43.5. The highest BCUT2D eigenvalue weighted by atomic mass is 31.2. The van der Waals surface area contributed by atoms with Gasteiger partial charge in [0.25, 0.3) is 0 Å². The van der Waals surface area contributed by atoms with Crippen molar-refractivity contribution in [3.8, 4) is 0 Å². The zero-order chi connectivity index (χ0) is 53.0. The molecule has 0 aliphatic heterocycles. The van der Waals surface area contributed by atoms with E-state index in [4.69, 9.17) is 9.47 Å². The molecule has 0 N–H and O–H groups in total. The van der Waals surface area contributed by atoms with Gasteiger partial charge in [0.1, 0.15) is 13.2 Å². The van der Waals surface area contributed by atoms with Gasteiger partial charge in [-0.05, 0) is 163 Å². The first-order chi connectivity index (χ1) is 33.9. The van der Waals surface area contributed by atoms with Crippen LogP contribution in [0, 0.1) is 83.1 Å². The van der Waals surface area contributed by atoms with Crippen molar-refractivity contribution in [2.45, 2.75) is 122 Å². The van der Waals surface area contributed by atoms with Gasteiger partial charge in [-0.25, -0.2) is 0 Å². The van der Waals surface area contributed by atoms with Crippen LogP contribution in [0.25, 0.3) is 0 Å². The molecular weight excluding hydrogens is 943 g/mol. The summed E-state index contributed by atoms with van der Waals surface area (Å²) in [5.41, 5.74) is 6.89. The van der Waals surface area contributed by atoms with Crippen LogP contribution >= 0.6 is 14.3 Å². The highest BCUT2D eigenvalue weighted by Crippen LogP contribution is 2.54. The number of unbranched alkanes of at least 4 members (excludes halogenated alkanes) is 1. The predicted molar refractivity (Wildman–Crippen MR) is 285 cm³/mol. The summed E-state index contributed by atoms with van der Waals surface area (Å²) in [6.45, 7) is 21.2. The molecule has 0 heterocycles. The Morgan fingerprint density at radius 2 is 0.653 bits per heavy atom. The van der Waals surface area contributed by atoms with Gasteiger partial charge < -0.3 is 18.6 Å². The molecule has 6 aromatic rings. The predicted octanol–water partition coefficient (Wildman–Crippen LogP) is 13.1. The maximum absolute atomic E-state index is 15.3. The first-order valence-electron chi connectivity index (χ1n) is 24.1. The largest absolute Gasteiger partial charge is 0.461 e. The molecule has 10 nitrogen and oxygen atoms in total. The third kappa shape index (κ3) is 10.9. The lowest BCUT2D eigenvalue weighted by Crippen LogP contribution is -2.23. The number of carbonyl (C=O) groups excluding carboxylic acids is 6. The molecule has 0 fully saturated rings. The molecule has 0 amide bonds. The van der Waals surface area contributed by atoms with E-state index in [-0.39, 0.29) is 58.9 Å². The first-order valence-corrected chi connectivity index (χ1v) is 27.5. The van der Waals surface area contributed by atoms with Crippen LogP contribution in [-0.2, 0) is 41.4 Å². The number of hydrogen-bond donors (Lipinski definition) is 0. The molecule has 72 heavy (non-hydrogen) atoms. The van der Waals surface area contributed by atoms with Crippen LogP contribution in [0.3, 0.4) is 0 Å². The number of rotatable bonds is 19. The molecule has 0 aliphatic carbocycles. The minimum absolute atomic E-state index is 0.000530. The van der Waals surface area contributed by atoms with Gasteiger partial charge in [-0.3, -0.25) is 28.8 Å². The van der Waals surface area contributed by atoms with Crippen molar-refractivity contribution in [3.63, 3.8) is 0 Å². The van der Waals surface area contributed by atoms with Crippen molar-refractivity contribution in [3.05, 3.63) is 197 Å². The van der Waals surface area contributed by atoms with E-state index in [2.05, 4.69) is 0 Å². The smallest absolute Gasteiger partial charge is 0.306 e. The van der Waals surface area contributed by atoms with E-state index in [1.165, 1.54) is 0 Å². The number of hydrogen-bond acceptors (Lipinski definition) is 10. The van der Waals surface area contributed by atoms with E-state index in [9.17, 15) is 28.8 Å². The van der Waals surface area contributed by atoms with Crippen LogP contribution in [0.15, 0.2) is 97.1 Å². The van der Waals surface area contributed by atoms with Crippen molar-refractivity contribution in [2.75, 3.05) is 0 Å². The zero-order valence-corrected chi connectivity index (χ0v) is 45.2. The molecule has 0 saturated heterocycles. The summed E-state index contributed by atoms with van der Waals surface area (Å²) in [7, 11) is -8.90. The third-order valence-electron chi connectivity index (χ3n) is 13.6. The van der Waals surface area contributed by atoms with E-state index in [1.807, 2.05) is 52.0 Å². The minimum Gasteiger partial charge on any atom is -0.461 e. The van der Waals surface area contributed by atoms with E-state index in [0.29, 0.717) is 68.5 Å². The Kier molecular flexibility index (Phi) is 17.1. The van der Waals surface area contributed by atoms with Crippen LogP contribution < -0.4 is 10.6 Å². The normalized spacial score (nSPS) is 12.9. The fourth-order valence-electron chi connectivity index (χ4n) is 10.1. The third-order valence-corrected chi connectivity index (χ3v) is 18.9. The Hall–Kier alpha value is -6.60. The number of carbonyl (C=O) groups is 6. The summed E-state index contributed by atoms with van der Waals surface area (Å²) in [4.78, 5) is 84.8. The summed E-state index contributed by atoms with van der Waals surface area (Å²) < 4.78 is 42.0. The highest BCUT2D eigenvalue weighted by molar-refractivity contribution is 8.01. The van der Waals surface area contributed by atoms with Crippen molar-refractivity contribution >= 4 is 58.9 Å². The molecule has 6 aromatic carbocycles. The summed E-state index contributed by atoms with van der Waals surface area (Å²) in [5.74, 6) is -1.04. The molecular formula is C60H64O10P2. The maximum Gasteiger partial charge on any atom is 0.306 e. The molecule has 0 aromatic heterocycles. The topological polar surface area (TPSA) is 155 Å². The molecule has 374 valence electrons. The molecule has 6 rings (SSSR count). The molecule has 2 atom stereocenters. The van der Waals surface area contributed by atoms with E-state index >= 15 is 9.13 Å². The molecule has 0 radical (unpaired) electrons. The molecule has 0 bridgehead atoms. The van der Waals surface area contributed by atoms with Gasteiger partial charge >= 0.3 is 11.9 Å². The van der Waals surface area contributed by atoms with Gasteiger partial charge in [0.15, 0.2) is 0 Å². The van der Waals surface area contributed by atoms with E-state index in [0.717, 1.165) is 22.3 Å². The first kappa shape index (κ1) is 54.7. The number of aryl methyl sites for hydroxylation is 10. The summed E-state index contributed by atoms with van der Waals surface area (Å²) in [6.07, 6.45) is 0.625. The Labute approximate surface area is 423 Å². The van der Waals surface area contributed by atoms with Crippen LogP contribution in [0.2, 0.25) is 0 Å². The van der Waals surface area contributed by atoms with Gasteiger partial charge in [0.05, 0.1) is 0 Å². The average molecular weight is 1010 g/mol. The average Bonchev–Trinajstić information content (AvgIpc) is 3.31. The Balaban J connectivity index is 1.11. The van der Waals surface area contributed by atoms with Gasteiger partial charge in [-0.1, -0.05) is 108 Å². The highest BCUT2D eigenvalue weighted by Gasteiger charge is 2.46. The van der Waals surface area contributed by atoms with Gasteiger partial charge in [0.2, 0.25) is 36.4 Å². The van der Waals surface area contributed by atoms with Crippen LogP contribution in [0.1, 0.15) is 145 Å². The summed E-state index contributed by atoms with van der Waals surface area (Å²) >= 11 is 0. The van der Waals surface area contributed by atoms with E-state index in [1.54, 1.807) is 128 Å². The lowest BCUT2D eigenvalue weighted by Gasteiger charge is -2.23. The van der Waals surface area contributed by atoms with Crippen LogP contribution in [0.5, 0.6) is 0 Å². The molecule has 2 unspecified atom stereocenters. The Morgan fingerprint density at radius 1 is 0.375 bits per heavy atom. The standard InChI is InChI=1S/C60H64O10P2/c1-35-27-39(5)53(40(6)28-35)57(63)71(67,47-21-15-13-16-22-47)59(65)55-43(9)31-37(3)49(45(55)11)33-69-51(61)25-19-20-26-52(62)70-34-50-38(4)32-44(10)56(46(50)12)60(66)72(68,48-23-17-14-18-24-48)58(64)54-41(7)29-36(2)30-42(54)8/h13-18,21-24,27-32H,19-20,25-26,33-34H2,1-12H3. The SMILES string of the molecule is Cc1cc(C)c(C(=O)P(=O)(C(=O)c2c(C)cc(C)c(COC(=O)CCCCC(=O)OCc3c(C)cc(C)c(C(=O)P(=O)(C(=O)c4c(C)cc(C)cc4C)c4ccccc4)c3C)c2C)c2ccccc2)c(C)c1. The molecule has 12 heteroatoms. The van der Waals surface area contributed by atoms with Gasteiger partial charge in [-0.15, -0.1) is 0 Å². The maximum atomic E-state index is 15.3. The Bertz CT molecular complexity index is 3010. The van der Waals surface area contributed by atoms with E-state index < -0.39 is 48.3 Å². The van der Waals surface area contributed by atoms with Crippen LogP contribution in [-0.4, -0.2) is 34.0 Å². The summed E-state index contributed by atoms with van der Waals surface area (Å²) in [6, 6.07) is 27.2. The fraction of sp³-hybridized carbons (Fsp3) is 0.300. The van der Waals surface area contributed by atoms with Gasteiger partial charge in [0, 0.05) is 45.7 Å². The van der Waals surface area contributed by atoms with Crippen LogP contribution in [0.4, 0.5) is 0 Å². The fourth-order valence-corrected chi connectivity index (χ4v) is 15.3. The lowest BCUT2D eigenvalue weighted by atomic mass is 9.94. The molecule has 0 aliphatic rings. The monoisotopic (exact) mass is 1010 g/mol. The second kappa shape index (κ2) is 22.4. The molecule has 0 saturated carbocycles. The van der Waals surface area contributed by atoms with Crippen molar-refractivity contribution < 1.29 is 47.4 Å². The van der Waals surface area contributed by atoms with Crippen molar-refractivity contribution in [1.82, 2.24) is 0 Å². The van der Waals surface area contributed by atoms with Gasteiger partial charge in [-0.2, -0.15) is 0 Å². The second-order valence-electron chi connectivity index (χ2n) is 19.2.